The number of amides is 3. The normalized spacial score (nSPS) is 20.3. The monoisotopic (exact) mass is 389 g/mol. The molecule has 2 aliphatic rings. The largest absolute Gasteiger partial charge is 0.329 e. The minimum Gasteiger partial charge on any atom is -0.328 e. The van der Waals surface area contributed by atoms with Gasteiger partial charge in [0.15, 0.2) is 0 Å². The maximum Gasteiger partial charge on any atom is 0.329 e. The summed E-state index contributed by atoms with van der Waals surface area (Å²) in [4.78, 5) is 27.1. The molecule has 2 aromatic carbocycles. The number of hydrogen-bond acceptors (Lipinski definition) is 3. The Kier molecular flexibility index (Phi) is 4.39. The summed E-state index contributed by atoms with van der Waals surface area (Å²) in [7, 11) is 2.06. The average molecular weight is 390 g/mol. The van der Waals surface area contributed by atoms with Crippen LogP contribution in [0, 0.1) is 0 Å². The van der Waals surface area contributed by atoms with Crippen LogP contribution in [0.3, 0.4) is 0 Å². The van der Waals surface area contributed by atoms with Gasteiger partial charge in [0.25, 0.3) is 5.91 Å². The van der Waals surface area contributed by atoms with Crippen LogP contribution in [0.5, 0.6) is 0 Å². The quantitative estimate of drug-likeness (QED) is 0.797. The summed E-state index contributed by atoms with van der Waals surface area (Å²) in [5, 5.41) is 3.83. The van der Waals surface area contributed by atoms with Crippen LogP contribution in [0.1, 0.15) is 22.6 Å². The number of halogens is 2. The lowest BCUT2D eigenvalue weighted by Gasteiger charge is -2.33. The molecule has 7 heteroatoms. The number of carbonyl (C=O) groups excluding carboxylic acids is 2. The van der Waals surface area contributed by atoms with Gasteiger partial charge in [0.05, 0.1) is 12.2 Å². The van der Waals surface area contributed by atoms with E-state index in [1.165, 1.54) is 4.90 Å². The Morgan fingerprint density at radius 2 is 1.85 bits per heavy atom. The van der Waals surface area contributed by atoms with Gasteiger partial charge in [0.1, 0.15) is 0 Å². The third-order valence-electron chi connectivity index (χ3n) is 4.89. The highest BCUT2D eigenvalue weighted by atomic mass is 35.5. The van der Waals surface area contributed by atoms with Gasteiger partial charge in [-0.3, -0.25) is 4.79 Å². The van der Waals surface area contributed by atoms with Crippen molar-refractivity contribution in [2.24, 2.45) is 0 Å². The van der Waals surface area contributed by atoms with Crippen molar-refractivity contribution in [2.45, 2.75) is 12.5 Å². The molecule has 3 amide bonds. The molecule has 2 aromatic rings. The van der Waals surface area contributed by atoms with E-state index in [0.29, 0.717) is 15.7 Å². The molecular weight excluding hydrogens is 373 g/mol. The van der Waals surface area contributed by atoms with Crippen molar-refractivity contribution in [2.75, 3.05) is 25.0 Å². The molecule has 2 heterocycles. The van der Waals surface area contributed by atoms with Crippen LogP contribution >= 0.6 is 23.2 Å². The van der Waals surface area contributed by atoms with E-state index < -0.39 is 0 Å². The summed E-state index contributed by atoms with van der Waals surface area (Å²) >= 11 is 12.6. The van der Waals surface area contributed by atoms with Gasteiger partial charge in [0, 0.05) is 29.1 Å². The van der Waals surface area contributed by atoms with Gasteiger partial charge >= 0.3 is 6.03 Å². The number of anilines is 1. The fraction of sp³-hybridized carbons (Fsp3) is 0.263. The number of imide groups is 1. The highest BCUT2D eigenvalue weighted by Crippen LogP contribution is 2.38. The number of nitrogens with one attached hydrogen (secondary N) is 1. The number of fused-ring (bicyclic) bond motifs is 1. The topological polar surface area (TPSA) is 52.6 Å². The Morgan fingerprint density at radius 1 is 1.12 bits per heavy atom. The number of urea groups is 1. The molecule has 0 bridgehead atoms. The number of rotatable bonds is 2. The second-order valence-electron chi connectivity index (χ2n) is 6.68. The summed E-state index contributed by atoms with van der Waals surface area (Å²) in [6, 6.07) is 10.9. The molecule has 134 valence electrons. The van der Waals surface area contributed by atoms with E-state index in [2.05, 4.69) is 17.3 Å². The number of likely N-dealkylation sites (N-methyl/N-ethyl adjacent to an activating group) is 1. The molecule has 1 saturated heterocycles. The van der Waals surface area contributed by atoms with Crippen molar-refractivity contribution in [3.05, 3.63) is 63.1 Å². The van der Waals surface area contributed by atoms with Crippen molar-refractivity contribution < 1.29 is 9.59 Å². The van der Waals surface area contributed by atoms with Gasteiger partial charge in [-0.15, -0.1) is 0 Å². The molecule has 1 fully saturated rings. The van der Waals surface area contributed by atoms with Crippen LogP contribution in [-0.2, 0) is 11.3 Å². The SMILES string of the molecule is CN1Cc2c(Cl)cc(Cl)cc2[C@H](c2ccc(N3C(=O)CNC3=O)cc2)C1. The molecule has 0 aromatic heterocycles. The Bertz CT molecular complexity index is 882. The number of benzene rings is 2. The molecule has 0 spiro atoms. The summed E-state index contributed by atoms with van der Waals surface area (Å²) in [5.74, 6) is -0.124. The van der Waals surface area contributed by atoms with E-state index in [1.54, 1.807) is 18.2 Å². The van der Waals surface area contributed by atoms with Crippen molar-refractivity contribution in [3.63, 3.8) is 0 Å². The molecule has 26 heavy (non-hydrogen) atoms. The van der Waals surface area contributed by atoms with Gasteiger partial charge in [-0.2, -0.15) is 0 Å². The summed E-state index contributed by atoms with van der Waals surface area (Å²) in [6.07, 6.45) is 0. The van der Waals surface area contributed by atoms with Gasteiger partial charge in [-0.05, 0) is 48.0 Å². The highest BCUT2D eigenvalue weighted by Gasteiger charge is 2.31. The predicted octanol–water partition coefficient (Wildman–Crippen LogP) is 3.63. The lowest BCUT2D eigenvalue weighted by molar-refractivity contribution is -0.115. The van der Waals surface area contributed by atoms with Gasteiger partial charge in [-0.25, -0.2) is 9.69 Å². The van der Waals surface area contributed by atoms with Crippen LogP contribution in [0.25, 0.3) is 0 Å². The zero-order chi connectivity index (χ0) is 18.4. The highest BCUT2D eigenvalue weighted by molar-refractivity contribution is 6.35. The smallest absolute Gasteiger partial charge is 0.328 e. The Labute approximate surface area is 161 Å². The average Bonchev–Trinajstić information content (AvgIpc) is 2.94. The van der Waals surface area contributed by atoms with Crippen molar-refractivity contribution in [3.8, 4) is 0 Å². The van der Waals surface area contributed by atoms with E-state index >= 15 is 0 Å². The molecular formula is C19H17Cl2N3O2. The summed E-state index contributed by atoms with van der Waals surface area (Å²) < 4.78 is 0. The first-order valence-corrected chi connectivity index (χ1v) is 9.06. The van der Waals surface area contributed by atoms with Crippen LogP contribution in [-0.4, -0.2) is 37.0 Å². The predicted molar refractivity (Wildman–Crippen MR) is 102 cm³/mol. The zero-order valence-corrected chi connectivity index (χ0v) is 15.6. The van der Waals surface area contributed by atoms with Crippen molar-refractivity contribution in [1.29, 1.82) is 0 Å². The van der Waals surface area contributed by atoms with Gasteiger partial charge < -0.3 is 10.2 Å². The van der Waals surface area contributed by atoms with E-state index in [1.807, 2.05) is 18.2 Å². The van der Waals surface area contributed by atoms with E-state index in [-0.39, 0.29) is 24.4 Å². The molecule has 4 rings (SSSR count). The molecule has 2 aliphatic heterocycles. The third kappa shape index (κ3) is 2.96. The van der Waals surface area contributed by atoms with Crippen LogP contribution in [0.4, 0.5) is 10.5 Å². The maximum atomic E-state index is 11.9. The lowest BCUT2D eigenvalue weighted by Crippen LogP contribution is -2.32. The molecule has 1 N–H and O–H groups in total. The molecule has 1 atom stereocenters. The summed E-state index contributed by atoms with van der Waals surface area (Å²) in [5.41, 5.74) is 3.88. The molecule has 0 aliphatic carbocycles. The Balaban J connectivity index is 1.71. The minimum atomic E-state index is -0.385. The molecule has 5 nitrogen and oxygen atoms in total. The van der Waals surface area contributed by atoms with E-state index in [4.69, 9.17) is 23.2 Å². The van der Waals surface area contributed by atoms with Crippen LogP contribution in [0.15, 0.2) is 36.4 Å². The first kappa shape index (κ1) is 17.3. The fourth-order valence-electron chi connectivity index (χ4n) is 3.67. The first-order valence-electron chi connectivity index (χ1n) is 8.31. The number of nitrogens with zero attached hydrogens (tertiary/aromatic N) is 2. The molecule has 0 radical (unpaired) electrons. The molecule has 0 unspecified atom stereocenters. The lowest BCUT2D eigenvalue weighted by atomic mass is 9.84. The zero-order valence-electron chi connectivity index (χ0n) is 14.1. The molecule has 0 saturated carbocycles. The van der Waals surface area contributed by atoms with E-state index in [0.717, 1.165) is 29.8 Å². The fourth-order valence-corrected chi connectivity index (χ4v) is 4.24. The number of hydrogen-bond donors (Lipinski definition) is 1. The standard InChI is InChI=1S/C19H17Cl2N3O2/c1-23-9-15(14-6-12(20)7-17(21)16(14)10-23)11-2-4-13(5-3-11)24-18(25)8-22-19(24)26/h2-7,15H,8-10H2,1H3,(H,22,26)/t15-/m0/s1. The second kappa shape index (κ2) is 6.58. The summed E-state index contributed by atoms with van der Waals surface area (Å²) in [6.45, 7) is 1.66. The Morgan fingerprint density at radius 3 is 2.50 bits per heavy atom. The number of carbonyl (C=O) groups is 2. The third-order valence-corrected chi connectivity index (χ3v) is 5.44. The van der Waals surface area contributed by atoms with Crippen LogP contribution in [0.2, 0.25) is 10.0 Å². The van der Waals surface area contributed by atoms with Crippen LogP contribution < -0.4 is 10.2 Å². The second-order valence-corrected chi connectivity index (χ2v) is 7.53. The van der Waals surface area contributed by atoms with Gasteiger partial charge in [-0.1, -0.05) is 35.3 Å². The maximum absolute atomic E-state index is 11.9. The van der Waals surface area contributed by atoms with Gasteiger partial charge in [0.2, 0.25) is 0 Å². The minimum absolute atomic E-state index is 0.0401. The van der Waals surface area contributed by atoms with Crippen molar-refractivity contribution in [1.82, 2.24) is 10.2 Å². The Hall–Kier alpha value is -2.08. The van der Waals surface area contributed by atoms with E-state index in [9.17, 15) is 9.59 Å². The first-order chi connectivity index (χ1) is 12.4. The van der Waals surface area contributed by atoms with Crippen molar-refractivity contribution >= 4 is 40.8 Å².